The zero-order chi connectivity index (χ0) is 21.6. The first kappa shape index (κ1) is 22.4. The van der Waals surface area contributed by atoms with Crippen LogP contribution in [0.15, 0.2) is 63.5 Å². The van der Waals surface area contributed by atoms with Gasteiger partial charge in [-0.3, -0.25) is 15.0 Å². The number of aromatic amines is 2. The molecule has 1 saturated heterocycles. The molecule has 0 saturated carbocycles. The Labute approximate surface area is 180 Å². The number of nitrogens with one attached hydrogen (secondary N) is 3. The summed E-state index contributed by atoms with van der Waals surface area (Å²) < 4.78 is 0. The molecule has 0 aromatic carbocycles. The average molecular weight is 408 g/mol. The molecule has 2 heterocycles. The molecule has 1 aromatic heterocycles. The van der Waals surface area contributed by atoms with Crippen molar-refractivity contribution in [3.05, 3.63) is 74.8 Å². The molecule has 1 aliphatic carbocycles. The van der Waals surface area contributed by atoms with E-state index in [0.717, 1.165) is 30.3 Å². The van der Waals surface area contributed by atoms with Crippen molar-refractivity contribution in [1.29, 1.82) is 0 Å². The Hall–Kier alpha value is -2.33. The van der Waals surface area contributed by atoms with Gasteiger partial charge in [-0.1, -0.05) is 55.4 Å². The minimum atomic E-state index is -0.109. The van der Waals surface area contributed by atoms with Crippen LogP contribution in [0.5, 0.6) is 0 Å². The zero-order valence-corrected chi connectivity index (χ0v) is 19.0. The van der Waals surface area contributed by atoms with E-state index in [1.807, 2.05) is 13.0 Å². The minimum Gasteiger partial charge on any atom is -0.317 e. The summed E-state index contributed by atoms with van der Waals surface area (Å²) in [7, 11) is 0. The van der Waals surface area contributed by atoms with Gasteiger partial charge in [0.05, 0.1) is 5.69 Å². The first-order valence-electron chi connectivity index (χ1n) is 11.3. The van der Waals surface area contributed by atoms with Gasteiger partial charge < -0.3 is 5.32 Å². The molecule has 0 bridgehead atoms. The summed E-state index contributed by atoms with van der Waals surface area (Å²) in [6, 6.07) is 1.56. The number of hydrogen-bond acceptors (Lipinski definition) is 2. The van der Waals surface area contributed by atoms with Crippen molar-refractivity contribution < 1.29 is 0 Å². The number of rotatable bonds is 6. The summed E-state index contributed by atoms with van der Waals surface area (Å²) in [5, 5.41) is 8.91. The maximum Gasteiger partial charge on any atom is 0.264 e. The summed E-state index contributed by atoms with van der Waals surface area (Å²) in [5.41, 5.74) is 6.56. The van der Waals surface area contributed by atoms with Gasteiger partial charge in [0, 0.05) is 6.07 Å². The van der Waals surface area contributed by atoms with E-state index < -0.39 is 0 Å². The quantitative estimate of drug-likeness (QED) is 0.532. The highest BCUT2D eigenvalue weighted by Crippen LogP contribution is 2.44. The third-order valence-electron chi connectivity index (χ3n) is 6.39. The van der Waals surface area contributed by atoms with E-state index >= 15 is 0 Å². The van der Waals surface area contributed by atoms with Crippen LogP contribution in [0.1, 0.15) is 65.5 Å². The molecular weight excluding hydrogens is 370 g/mol. The Kier molecular flexibility index (Phi) is 7.54. The normalized spacial score (nSPS) is 21.9. The molecule has 1 fully saturated rings. The molecule has 3 rings (SSSR count). The van der Waals surface area contributed by atoms with Crippen LogP contribution >= 0.6 is 0 Å². The molecular formula is C26H37N3O. The highest BCUT2D eigenvalue weighted by molar-refractivity contribution is 5.51. The van der Waals surface area contributed by atoms with Gasteiger partial charge >= 0.3 is 0 Å². The fraction of sp³-hybridized carbons (Fsp3) is 0.500. The maximum atomic E-state index is 11.2. The lowest BCUT2D eigenvalue weighted by Crippen LogP contribution is -2.31. The van der Waals surface area contributed by atoms with Crippen molar-refractivity contribution >= 4 is 6.08 Å². The Morgan fingerprint density at radius 1 is 1.10 bits per heavy atom. The number of aromatic nitrogens is 2. The van der Waals surface area contributed by atoms with E-state index in [-0.39, 0.29) is 11.0 Å². The summed E-state index contributed by atoms with van der Waals surface area (Å²) in [4.78, 5) is 11.2. The largest absolute Gasteiger partial charge is 0.317 e. The van der Waals surface area contributed by atoms with Crippen LogP contribution in [0.4, 0.5) is 0 Å². The minimum absolute atomic E-state index is 0.109. The van der Waals surface area contributed by atoms with E-state index in [2.05, 4.69) is 66.7 Å². The second-order valence-corrected chi connectivity index (χ2v) is 9.41. The molecule has 1 aliphatic heterocycles. The highest BCUT2D eigenvalue weighted by atomic mass is 16.1. The van der Waals surface area contributed by atoms with E-state index in [9.17, 15) is 4.79 Å². The maximum absolute atomic E-state index is 11.2. The van der Waals surface area contributed by atoms with E-state index in [1.54, 1.807) is 17.2 Å². The predicted molar refractivity (Wildman–Crippen MR) is 127 cm³/mol. The van der Waals surface area contributed by atoms with Crippen LogP contribution in [0.3, 0.4) is 0 Å². The molecule has 0 spiro atoms. The van der Waals surface area contributed by atoms with Crippen LogP contribution in [0.2, 0.25) is 0 Å². The fourth-order valence-corrected chi connectivity index (χ4v) is 4.69. The molecule has 0 radical (unpaired) electrons. The van der Waals surface area contributed by atoms with Crippen LogP contribution in [-0.2, 0) is 0 Å². The zero-order valence-electron chi connectivity index (χ0n) is 19.0. The van der Waals surface area contributed by atoms with Gasteiger partial charge in [-0.15, -0.1) is 0 Å². The standard InChI is InChI=1S/C26H37N3O/c1-19(7-5-8-20(2)17-22-18-25(30)29-28-22)10-11-24-23(9-6-14-26(24,3)4)21-12-15-27-16-13-21/h5,7-8,10-11,17-18,21,27H,6,9,12-16H2,1-4H3,(H2,28,29,30)/b8-5+,11-10+,19-7+,20-17+. The van der Waals surface area contributed by atoms with Gasteiger partial charge in [-0.05, 0) is 87.6 Å². The first-order chi connectivity index (χ1) is 14.3. The fourth-order valence-electron chi connectivity index (χ4n) is 4.69. The van der Waals surface area contributed by atoms with Gasteiger partial charge in [-0.2, -0.15) is 0 Å². The Morgan fingerprint density at radius 2 is 1.87 bits per heavy atom. The highest BCUT2D eigenvalue weighted by Gasteiger charge is 2.31. The predicted octanol–water partition coefficient (Wildman–Crippen LogP) is 5.67. The number of H-pyrrole nitrogens is 2. The molecule has 0 unspecified atom stereocenters. The van der Waals surface area contributed by atoms with E-state index in [0.29, 0.717) is 0 Å². The van der Waals surface area contributed by atoms with Gasteiger partial charge in [0.2, 0.25) is 0 Å². The van der Waals surface area contributed by atoms with E-state index in [1.165, 1.54) is 37.7 Å². The molecule has 0 amide bonds. The summed E-state index contributed by atoms with van der Waals surface area (Å²) >= 11 is 0. The van der Waals surface area contributed by atoms with Crippen LogP contribution < -0.4 is 10.9 Å². The lowest BCUT2D eigenvalue weighted by atomic mass is 9.68. The second-order valence-electron chi connectivity index (χ2n) is 9.41. The van der Waals surface area contributed by atoms with Gasteiger partial charge in [0.15, 0.2) is 0 Å². The number of hydrogen-bond donors (Lipinski definition) is 3. The average Bonchev–Trinajstić information content (AvgIpc) is 3.11. The number of allylic oxidation sites excluding steroid dienone is 9. The third kappa shape index (κ3) is 6.09. The monoisotopic (exact) mass is 407 g/mol. The summed E-state index contributed by atoms with van der Waals surface area (Å²) in [5.74, 6) is 0.752. The lowest BCUT2D eigenvalue weighted by Gasteiger charge is -2.38. The van der Waals surface area contributed by atoms with Crippen molar-refractivity contribution in [2.75, 3.05) is 13.1 Å². The molecule has 1 aromatic rings. The van der Waals surface area contributed by atoms with Crippen molar-refractivity contribution in [3.8, 4) is 0 Å². The van der Waals surface area contributed by atoms with Crippen molar-refractivity contribution in [2.45, 2.75) is 59.8 Å². The van der Waals surface area contributed by atoms with E-state index in [4.69, 9.17) is 0 Å². The van der Waals surface area contributed by atoms with Gasteiger partial charge in [0.25, 0.3) is 5.56 Å². The van der Waals surface area contributed by atoms with Crippen molar-refractivity contribution in [1.82, 2.24) is 15.5 Å². The Balaban J connectivity index is 1.73. The van der Waals surface area contributed by atoms with Crippen LogP contribution in [0, 0.1) is 11.3 Å². The lowest BCUT2D eigenvalue weighted by molar-refractivity contribution is 0.336. The summed E-state index contributed by atoms with van der Waals surface area (Å²) in [6.07, 6.45) is 19.3. The third-order valence-corrected chi connectivity index (χ3v) is 6.39. The molecule has 3 N–H and O–H groups in total. The van der Waals surface area contributed by atoms with Crippen molar-refractivity contribution in [2.24, 2.45) is 11.3 Å². The van der Waals surface area contributed by atoms with Crippen molar-refractivity contribution in [3.63, 3.8) is 0 Å². The second kappa shape index (κ2) is 10.1. The number of piperidine rings is 1. The molecule has 30 heavy (non-hydrogen) atoms. The SMILES string of the molecule is CC(/C=C/C1=C(C2CCNCC2)CCCC1(C)C)=C\C=C\C(C)=C\c1cc(=O)[nH][nH]1. The molecule has 4 heteroatoms. The van der Waals surface area contributed by atoms with Gasteiger partial charge in [0.1, 0.15) is 0 Å². The topological polar surface area (TPSA) is 60.7 Å². The Bertz CT molecular complexity index is 927. The van der Waals surface area contributed by atoms with Crippen LogP contribution in [-0.4, -0.2) is 23.3 Å². The molecule has 162 valence electrons. The molecule has 0 atom stereocenters. The molecule has 2 aliphatic rings. The van der Waals surface area contributed by atoms with Gasteiger partial charge in [-0.25, -0.2) is 0 Å². The Morgan fingerprint density at radius 3 is 2.57 bits per heavy atom. The summed E-state index contributed by atoms with van der Waals surface area (Å²) in [6.45, 7) is 11.3. The smallest absolute Gasteiger partial charge is 0.264 e. The first-order valence-corrected chi connectivity index (χ1v) is 11.3. The molecule has 4 nitrogen and oxygen atoms in total. The van der Waals surface area contributed by atoms with Crippen LogP contribution in [0.25, 0.3) is 6.08 Å².